The first-order valence-electron chi connectivity index (χ1n) is 7.51. The molecule has 0 aromatic carbocycles. The molecule has 0 radical (unpaired) electrons. The second kappa shape index (κ2) is 10.9. The molecule has 0 aliphatic heterocycles. The van der Waals surface area contributed by atoms with Crippen LogP contribution in [0.3, 0.4) is 0 Å². The highest BCUT2D eigenvalue weighted by Crippen LogP contribution is 1.92. The predicted octanol–water partition coefficient (Wildman–Crippen LogP) is 0.959. The normalized spacial score (nSPS) is 11.6. The number of aryl methyl sites for hydroxylation is 1. The van der Waals surface area contributed by atoms with Crippen LogP contribution in [0.5, 0.6) is 0 Å². The van der Waals surface area contributed by atoms with Crippen molar-refractivity contribution in [2.45, 2.75) is 32.7 Å². The standard InChI is InChI=1S/C15H26N4O2/c1-2-21-13-7-10-18-15(16)17-9-4-6-12-19-11-5-3-8-14(19)20/h3,5,8,11H,2,4,6-7,9-10,12-13H2,1H3,(H3,16,17,18). The first kappa shape index (κ1) is 17.2. The molecule has 0 fully saturated rings. The van der Waals surface area contributed by atoms with Gasteiger partial charge in [-0.05, 0) is 32.3 Å². The maximum absolute atomic E-state index is 11.5. The molecule has 0 saturated heterocycles. The van der Waals surface area contributed by atoms with E-state index in [1.54, 1.807) is 16.7 Å². The number of aromatic nitrogens is 1. The Kier molecular flexibility index (Phi) is 8.95. The fraction of sp³-hybridized carbons (Fsp3) is 0.600. The van der Waals surface area contributed by atoms with Crippen molar-refractivity contribution in [1.82, 2.24) is 9.88 Å². The van der Waals surface area contributed by atoms with Gasteiger partial charge in [-0.1, -0.05) is 6.07 Å². The van der Waals surface area contributed by atoms with E-state index in [0.29, 0.717) is 12.5 Å². The highest BCUT2D eigenvalue weighted by Gasteiger charge is 1.95. The Morgan fingerprint density at radius 2 is 2.24 bits per heavy atom. The second-order valence-electron chi connectivity index (χ2n) is 4.68. The quantitative estimate of drug-likeness (QED) is 0.382. The number of unbranched alkanes of at least 4 members (excludes halogenated alkanes) is 1. The van der Waals surface area contributed by atoms with Crippen LogP contribution in [0.15, 0.2) is 34.2 Å². The molecular formula is C15H26N4O2. The molecule has 118 valence electrons. The van der Waals surface area contributed by atoms with Crippen LogP contribution >= 0.6 is 0 Å². The molecule has 0 spiro atoms. The van der Waals surface area contributed by atoms with Crippen molar-refractivity contribution in [3.05, 3.63) is 34.7 Å². The summed E-state index contributed by atoms with van der Waals surface area (Å²) in [6.45, 7) is 5.61. The third kappa shape index (κ3) is 8.14. The van der Waals surface area contributed by atoms with Gasteiger partial charge in [0.25, 0.3) is 0 Å². The van der Waals surface area contributed by atoms with Crippen LogP contribution in [0.25, 0.3) is 0 Å². The molecule has 0 saturated carbocycles. The molecule has 0 aliphatic rings. The van der Waals surface area contributed by atoms with Gasteiger partial charge in [-0.25, -0.2) is 0 Å². The summed E-state index contributed by atoms with van der Waals surface area (Å²) in [6.07, 6.45) is 4.56. The van der Waals surface area contributed by atoms with Gasteiger partial charge < -0.3 is 20.4 Å². The van der Waals surface area contributed by atoms with Gasteiger partial charge >= 0.3 is 0 Å². The van der Waals surface area contributed by atoms with Crippen LogP contribution in [0.4, 0.5) is 0 Å². The van der Waals surface area contributed by atoms with Crippen LogP contribution in [-0.4, -0.2) is 36.8 Å². The molecule has 0 atom stereocenters. The number of hydrogen-bond acceptors (Lipinski definition) is 3. The summed E-state index contributed by atoms with van der Waals surface area (Å²) in [7, 11) is 0. The molecule has 0 amide bonds. The Balaban J connectivity index is 2.07. The topological polar surface area (TPSA) is 81.6 Å². The minimum absolute atomic E-state index is 0.0424. The number of guanidine groups is 1. The summed E-state index contributed by atoms with van der Waals surface area (Å²) in [5.74, 6) is 0.475. The molecule has 1 aromatic rings. The third-order valence-electron chi connectivity index (χ3n) is 2.96. The van der Waals surface area contributed by atoms with E-state index in [9.17, 15) is 4.79 Å². The molecule has 6 heteroatoms. The van der Waals surface area contributed by atoms with Crippen LogP contribution < -0.4 is 16.6 Å². The number of nitrogens with one attached hydrogen (secondary N) is 1. The van der Waals surface area contributed by atoms with E-state index in [0.717, 1.165) is 45.6 Å². The largest absolute Gasteiger partial charge is 0.382 e. The first-order valence-corrected chi connectivity index (χ1v) is 7.51. The average molecular weight is 294 g/mol. The van der Waals surface area contributed by atoms with Gasteiger partial charge in [-0.15, -0.1) is 0 Å². The van der Waals surface area contributed by atoms with Gasteiger partial charge in [0.15, 0.2) is 5.96 Å². The van der Waals surface area contributed by atoms with Gasteiger partial charge in [0.2, 0.25) is 5.56 Å². The van der Waals surface area contributed by atoms with Gasteiger partial charge in [0.1, 0.15) is 0 Å². The van der Waals surface area contributed by atoms with Crippen molar-refractivity contribution in [1.29, 1.82) is 0 Å². The zero-order chi connectivity index (χ0) is 15.3. The molecule has 21 heavy (non-hydrogen) atoms. The summed E-state index contributed by atoms with van der Waals surface area (Å²) < 4.78 is 6.94. The maximum atomic E-state index is 11.5. The van der Waals surface area contributed by atoms with Gasteiger partial charge in [-0.3, -0.25) is 9.79 Å². The van der Waals surface area contributed by atoms with E-state index in [1.165, 1.54) is 0 Å². The molecule has 0 aliphatic carbocycles. The number of pyridine rings is 1. The molecule has 0 unspecified atom stereocenters. The number of nitrogens with two attached hydrogens (primary N) is 1. The number of nitrogens with zero attached hydrogens (tertiary/aromatic N) is 2. The SMILES string of the molecule is CCOCCCN=C(N)NCCCCn1ccccc1=O. The Labute approximate surface area is 126 Å². The Morgan fingerprint density at radius 3 is 3.00 bits per heavy atom. The van der Waals surface area contributed by atoms with Gasteiger partial charge in [0, 0.05) is 45.1 Å². The van der Waals surface area contributed by atoms with Crippen molar-refractivity contribution in [2.75, 3.05) is 26.3 Å². The Morgan fingerprint density at radius 1 is 1.38 bits per heavy atom. The monoisotopic (exact) mass is 294 g/mol. The number of aliphatic imine (C=N–C) groups is 1. The predicted molar refractivity (Wildman–Crippen MR) is 85.5 cm³/mol. The summed E-state index contributed by atoms with van der Waals surface area (Å²) >= 11 is 0. The third-order valence-corrected chi connectivity index (χ3v) is 2.96. The van der Waals surface area contributed by atoms with Crippen molar-refractivity contribution < 1.29 is 4.74 Å². The summed E-state index contributed by atoms with van der Waals surface area (Å²) in [5.41, 5.74) is 5.79. The maximum Gasteiger partial charge on any atom is 0.250 e. The Bertz CT molecular complexity index is 471. The zero-order valence-corrected chi connectivity index (χ0v) is 12.8. The van der Waals surface area contributed by atoms with Gasteiger partial charge in [0.05, 0.1) is 0 Å². The van der Waals surface area contributed by atoms with Crippen LogP contribution in [0, 0.1) is 0 Å². The average Bonchev–Trinajstić information content (AvgIpc) is 2.48. The lowest BCUT2D eigenvalue weighted by atomic mass is 10.3. The first-order chi connectivity index (χ1) is 10.2. The van der Waals surface area contributed by atoms with E-state index >= 15 is 0 Å². The fourth-order valence-corrected chi connectivity index (χ4v) is 1.84. The van der Waals surface area contributed by atoms with E-state index in [2.05, 4.69) is 10.3 Å². The van der Waals surface area contributed by atoms with Crippen LogP contribution in [0.1, 0.15) is 26.2 Å². The number of rotatable bonds is 10. The summed E-state index contributed by atoms with van der Waals surface area (Å²) in [6, 6.07) is 5.20. The highest BCUT2D eigenvalue weighted by atomic mass is 16.5. The summed E-state index contributed by atoms with van der Waals surface area (Å²) in [4.78, 5) is 15.7. The van der Waals surface area contributed by atoms with E-state index in [1.807, 2.05) is 19.2 Å². The Hall–Kier alpha value is -1.82. The lowest BCUT2D eigenvalue weighted by Gasteiger charge is -2.07. The fourth-order valence-electron chi connectivity index (χ4n) is 1.84. The number of hydrogen-bond donors (Lipinski definition) is 2. The minimum atomic E-state index is 0.0424. The van der Waals surface area contributed by atoms with Crippen molar-refractivity contribution in [3.8, 4) is 0 Å². The number of ether oxygens (including phenoxy) is 1. The second-order valence-corrected chi connectivity index (χ2v) is 4.68. The molecule has 1 aromatic heterocycles. The molecule has 6 nitrogen and oxygen atoms in total. The minimum Gasteiger partial charge on any atom is -0.382 e. The smallest absolute Gasteiger partial charge is 0.250 e. The van der Waals surface area contributed by atoms with E-state index < -0.39 is 0 Å². The van der Waals surface area contributed by atoms with Crippen LogP contribution in [0.2, 0.25) is 0 Å². The lowest BCUT2D eigenvalue weighted by molar-refractivity contribution is 0.146. The van der Waals surface area contributed by atoms with Crippen molar-refractivity contribution >= 4 is 5.96 Å². The highest BCUT2D eigenvalue weighted by molar-refractivity contribution is 5.77. The van der Waals surface area contributed by atoms with Crippen molar-refractivity contribution in [3.63, 3.8) is 0 Å². The molecule has 3 N–H and O–H groups in total. The zero-order valence-electron chi connectivity index (χ0n) is 12.8. The summed E-state index contributed by atoms with van der Waals surface area (Å²) in [5, 5.41) is 3.07. The van der Waals surface area contributed by atoms with E-state index in [-0.39, 0.29) is 5.56 Å². The molecule has 0 bridgehead atoms. The molecule has 1 rings (SSSR count). The van der Waals surface area contributed by atoms with E-state index in [4.69, 9.17) is 10.5 Å². The molecular weight excluding hydrogens is 268 g/mol. The van der Waals surface area contributed by atoms with Crippen LogP contribution in [-0.2, 0) is 11.3 Å². The van der Waals surface area contributed by atoms with Gasteiger partial charge in [-0.2, -0.15) is 0 Å². The molecule has 1 heterocycles. The lowest BCUT2D eigenvalue weighted by Crippen LogP contribution is -2.32. The van der Waals surface area contributed by atoms with Crippen molar-refractivity contribution in [2.24, 2.45) is 10.7 Å².